The van der Waals surface area contributed by atoms with E-state index in [1.54, 1.807) is 29.2 Å². The third kappa shape index (κ3) is 6.77. The second-order valence-electron chi connectivity index (χ2n) is 9.00. The number of aromatic nitrogens is 4. The van der Waals surface area contributed by atoms with E-state index >= 15 is 0 Å². The zero-order valence-corrected chi connectivity index (χ0v) is 21.3. The van der Waals surface area contributed by atoms with Crippen molar-refractivity contribution in [2.45, 2.75) is 79.3 Å². The fraction of sp³-hybridized carbons (Fsp3) is 0.500. The van der Waals surface area contributed by atoms with Gasteiger partial charge in [-0.2, -0.15) is 5.10 Å². The van der Waals surface area contributed by atoms with Crippen LogP contribution >= 0.6 is 0 Å². The average molecular weight is 481 g/mol. The van der Waals surface area contributed by atoms with Gasteiger partial charge in [0.15, 0.2) is 0 Å². The van der Waals surface area contributed by atoms with Crippen LogP contribution in [0.5, 0.6) is 0 Å². The summed E-state index contributed by atoms with van der Waals surface area (Å²) in [5.74, 6) is 1.11. The molecule has 3 aromatic heterocycles. The molecule has 0 saturated carbocycles. The molecule has 0 bridgehead atoms. The maximum atomic E-state index is 13.2. The first-order chi connectivity index (χ1) is 16.8. The summed E-state index contributed by atoms with van der Waals surface area (Å²) in [7, 11) is 0. The molecule has 0 aliphatic rings. The molecular formula is C26H36N6O3. The van der Waals surface area contributed by atoms with E-state index < -0.39 is 6.04 Å². The fourth-order valence-electron chi connectivity index (χ4n) is 4.31. The Morgan fingerprint density at radius 2 is 1.91 bits per heavy atom. The highest BCUT2D eigenvalue weighted by Crippen LogP contribution is 2.26. The van der Waals surface area contributed by atoms with Crippen molar-refractivity contribution < 1.29 is 14.1 Å². The number of hydrogen-bond donors (Lipinski definition) is 2. The summed E-state index contributed by atoms with van der Waals surface area (Å²) >= 11 is 0. The number of pyridine rings is 1. The van der Waals surface area contributed by atoms with Gasteiger partial charge in [0.1, 0.15) is 23.3 Å². The Labute approximate surface area is 206 Å². The molecule has 0 spiro atoms. The van der Waals surface area contributed by atoms with E-state index in [-0.39, 0.29) is 11.8 Å². The lowest BCUT2D eigenvalue weighted by atomic mass is 9.97. The number of anilines is 1. The van der Waals surface area contributed by atoms with Gasteiger partial charge in [0, 0.05) is 30.1 Å². The van der Waals surface area contributed by atoms with E-state index in [4.69, 9.17) is 4.52 Å². The minimum atomic E-state index is -0.680. The topological polar surface area (TPSA) is 115 Å². The first-order valence-electron chi connectivity index (χ1n) is 12.4. The predicted molar refractivity (Wildman–Crippen MR) is 135 cm³/mol. The van der Waals surface area contributed by atoms with Crippen molar-refractivity contribution in [3.8, 4) is 11.1 Å². The number of aryl methyl sites for hydroxylation is 3. The smallest absolute Gasteiger partial charge is 0.270 e. The number of carbonyl (C=O) groups excluding carboxylic acids is 2. The molecule has 0 fully saturated rings. The maximum absolute atomic E-state index is 13.2. The van der Waals surface area contributed by atoms with Crippen molar-refractivity contribution in [1.82, 2.24) is 25.2 Å². The van der Waals surface area contributed by atoms with Crippen molar-refractivity contribution >= 4 is 17.6 Å². The van der Waals surface area contributed by atoms with Crippen molar-refractivity contribution in [2.24, 2.45) is 5.92 Å². The molecule has 3 aromatic rings. The van der Waals surface area contributed by atoms with Gasteiger partial charge in [0.2, 0.25) is 5.91 Å². The molecule has 9 nitrogen and oxygen atoms in total. The molecule has 9 heteroatoms. The summed E-state index contributed by atoms with van der Waals surface area (Å²) < 4.78 is 6.85. The summed E-state index contributed by atoms with van der Waals surface area (Å²) in [6.07, 6.45) is 7.95. The lowest BCUT2D eigenvalue weighted by Gasteiger charge is -2.19. The van der Waals surface area contributed by atoms with Gasteiger partial charge in [-0.3, -0.25) is 14.3 Å². The summed E-state index contributed by atoms with van der Waals surface area (Å²) in [6.45, 7) is 10.6. The first-order valence-corrected chi connectivity index (χ1v) is 12.4. The molecule has 0 saturated heterocycles. The van der Waals surface area contributed by atoms with Crippen LogP contribution in [0, 0.1) is 19.8 Å². The SMILES string of the molecule is CCC[C@H](C)CCC[C@H](NC(=O)c1ccnn1CC)C(=O)Nc1ccc(-c2c(C)noc2C)cn1. The van der Waals surface area contributed by atoms with E-state index in [0.29, 0.717) is 36.2 Å². The Balaban J connectivity index is 1.70. The number of hydrogen-bond acceptors (Lipinski definition) is 6. The van der Waals surface area contributed by atoms with Crippen molar-refractivity contribution in [2.75, 3.05) is 5.32 Å². The van der Waals surface area contributed by atoms with Crippen LogP contribution in [0.3, 0.4) is 0 Å². The van der Waals surface area contributed by atoms with Gasteiger partial charge >= 0.3 is 0 Å². The molecular weight excluding hydrogens is 444 g/mol. The van der Waals surface area contributed by atoms with Crippen LogP contribution in [0.15, 0.2) is 35.1 Å². The first kappa shape index (κ1) is 26.1. The molecule has 35 heavy (non-hydrogen) atoms. The summed E-state index contributed by atoms with van der Waals surface area (Å²) in [6, 6.07) is 4.59. The van der Waals surface area contributed by atoms with Gasteiger partial charge in [-0.1, -0.05) is 44.7 Å². The predicted octanol–water partition coefficient (Wildman–Crippen LogP) is 4.91. The minimum Gasteiger partial charge on any atom is -0.361 e. The normalized spacial score (nSPS) is 12.8. The molecule has 0 radical (unpaired) electrons. The zero-order valence-electron chi connectivity index (χ0n) is 21.3. The molecule has 2 N–H and O–H groups in total. The number of amides is 2. The van der Waals surface area contributed by atoms with Crippen LogP contribution in [0.2, 0.25) is 0 Å². The van der Waals surface area contributed by atoms with Crippen molar-refractivity contribution in [1.29, 1.82) is 0 Å². The average Bonchev–Trinajstić information content (AvgIpc) is 3.45. The lowest BCUT2D eigenvalue weighted by Crippen LogP contribution is -2.44. The lowest BCUT2D eigenvalue weighted by molar-refractivity contribution is -0.118. The van der Waals surface area contributed by atoms with Crippen LogP contribution in [0.25, 0.3) is 11.1 Å². The Kier molecular flexibility index (Phi) is 9.17. The van der Waals surface area contributed by atoms with Crippen LogP contribution in [-0.2, 0) is 11.3 Å². The Hall–Kier alpha value is -3.49. The molecule has 0 unspecified atom stereocenters. The highest BCUT2D eigenvalue weighted by molar-refractivity contribution is 6.00. The van der Waals surface area contributed by atoms with Crippen LogP contribution in [0.1, 0.15) is 74.8 Å². The largest absolute Gasteiger partial charge is 0.361 e. The third-order valence-corrected chi connectivity index (χ3v) is 6.18. The van der Waals surface area contributed by atoms with Gasteiger partial charge in [-0.25, -0.2) is 4.98 Å². The van der Waals surface area contributed by atoms with Crippen LogP contribution < -0.4 is 10.6 Å². The molecule has 2 atom stereocenters. The van der Waals surface area contributed by atoms with Crippen LogP contribution in [-0.4, -0.2) is 37.8 Å². The molecule has 3 heterocycles. The Morgan fingerprint density at radius 3 is 2.54 bits per heavy atom. The van der Waals surface area contributed by atoms with E-state index in [2.05, 4.69) is 39.7 Å². The second-order valence-corrected chi connectivity index (χ2v) is 9.00. The maximum Gasteiger partial charge on any atom is 0.270 e. The number of carbonyl (C=O) groups is 2. The molecule has 0 aliphatic carbocycles. The molecule has 0 aromatic carbocycles. The number of nitrogens with zero attached hydrogens (tertiary/aromatic N) is 4. The van der Waals surface area contributed by atoms with Gasteiger partial charge in [-0.05, 0) is 51.3 Å². The Bertz CT molecular complexity index is 1100. The summed E-state index contributed by atoms with van der Waals surface area (Å²) in [5, 5.41) is 13.9. The number of nitrogens with one attached hydrogen (secondary N) is 2. The second kappa shape index (κ2) is 12.3. The Morgan fingerprint density at radius 1 is 1.11 bits per heavy atom. The van der Waals surface area contributed by atoms with Gasteiger partial charge < -0.3 is 15.2 Å². The van der Waals surface area contributed by atoms with Gasteiger partial charge in [-0.15, -0.1) is 0 Å². The van der Waals surface area contributed by atoms with E-state index in [1.165, 1.54) is 0 Å². The molecule has 0 aliphatic heterocycles. The van der Waals surface area contributed by atoms with E-state index in [0.717, 1.165) is 42.5 Å². The third-order valence-electron chi connectivity index (χ3n) is 6.18. The van der Waals surface area contributed by atoms with Crippen molar-refractivity contribution in [3.63, 3.8) is 0 Å². The molecule has 2 amide bonds. The van der Waals surface area contributed by atoms with E-state index in [1.807, 2.05) is 26.8 Å². The quantitative estimate of drug-likeness (QED) is 0.380. The van der Waals surface area contributed by atoms with Crippen molar-refractivity contribution in [3.05, 3.63) is 47.7 Å². The van der Waals surface area contributed by atoms with Gasteiger partial charge in [0.05, 0.1) is 5.69 Å². The standard InChI is InChI=1S/C26H36N6O3/c1-6-9-17(3)10-8-11-21(29-26(34)22-14-15-28-32(22)7-2)25(33)30-23-13-12-20(16-27-23)24-18(4)31-35-19(24)5/h12-17,21H,6-11H2,1-5H3,(H,29,34)(H,27,30,33)/t17-,21-/m0/s1. The van der Waals surface area contributed by atoms with Crippen LogP contribution in [0.4, 0.5) is 5.82 Å². The number of rotatable bonds is 12. The molecule has 3 rings (SSSR count). The molecule has 188 valence electrons. The highest BCUT2D eigenvalue weighted by atomic mass is 16.5. The highest BCUT2D eigenvalue weighted by Gasteiger charge is 2.24. The van der Waals surface area contributed by atoms with E-state index in [9.17, 15) is 9.59 Å². The fourth-order valence-corrected chi connectivity index (χ4v) is 4.31. The summed E-state index contributed by atoms with van der Waals surface area (Å²) in [5.41, 5.74) is 2.98. The monoisotopic (exact) mass is 480 g/mol. The van der Waals surface area contributed by atoms with Gasteiger partial charge in [0.25, 0.3) is 5.91 Å². The zero-order chi connectivity index (χ0) is 25.4. The summed E-state index contributed by atoms with van der Waals surface area (Å²) in [4.78, 5) is 30.5. The minimum absolute atomic E-state index is 0.290.